The number of hydrogen-bond donors (Lipinski definition) is 1. The summed E-state index contributed by atoms with van der Waals surface area (Å²) in [6.07, 6.45) is 2.99. The Labute approximate surface area is 170 Å². The minimum absolute atomic E-state index is 0.128. The maximum atomic E-state index is 12.4. The largest absolute Gasteiger partial charge is 0.414 e. The number of carbonyl (C=O) groups is 1. The van der Waals surface area contributed by atoms with Crippen LogP contribution in [-0.2, 0) is 11.3 Å². The van der Waals surface area contributed by atoms with Crippen LogP contribution in [0, 0.1) is 13.8 Å². The lowest BCUT2D eigenvalue weighted by atomic mass is 10.2. The lowest BCUT2D eigenvalue weighted by Gasteiger charge is -2.08. The molecule has 0 saturated carbocycles. The molecule has 0 atom stereocenters. The molecule has 11 heteroatoms. The number of aromatic nitrogens is 7. The minimum atomic E-state index is -0.195. The lowest BCUT2D eigenvalue weighted by molar-refractivity contribution is -0.113. The molecule has 0 bridgehead atoms. The van der Waals surface area contributed by atoms with Gasteiger partial charge in [-0.2, -0.15) is 10.2 Å². The molecule has 0 spiro atoms. The van der Waals surface area contributed by atoms with E-state index in [9.17, 15) is 4.79 Å². The van der Waals surface area contributed by atoms with Crippen molar-refractivity contribution in [3.63, 3.8) is 0 Å². The number of anilines is 1. The molecule has 0 aliphatic rings. The van der Waals surface area contributed by atoms with Crippen LogP contribution in [0.3, 0.4) is 0 Å². The summed E-state index contributed by atoms with van der Waals surface area (Å²) < 4.78 is 8.80. The van der Waals surface area contributed by atoms with Crippen LogP contribution in [0.4, 0.5) is 5.82 Å². The number of carbonyl (C=O) groups excluding carboxylic acids is 1. The zero-order chi connectivity index (χ0) is 20.2. The SMILES string of the molecule is Cc1ccc(-n2nc(C)cc2NC(=O)CSc2nnc(Cn3cncn3)o2)cc1. The number of thioether (sulfide) groups is 1. The topological polar surface area (TPSA) is 117 Å². The molecule has 0 saturated heterocycles. The molecule has 1 aromatic carbocycles. The third-order valence-corrected chi connectivity index (χ3v) is 4.73. The fourth-order valence-electron chi connectivity index (χ4n) is 2.59. The third-order valence-electron chi connectivity index (χ3n) is 3.92. The summed E-state index contributed by atoms with van der Waals surface area (Å²) in [7, 11) is 0. The van der Waals surface area contributed by atoms with Crippen molar-refractivity contribution in [1.29, 1.82) is 0 Å². The van der Waals surface area contributed by atoms with Gasteiger partial charge in [0.05, 0.1) is 17.1 Å². The number of aryl methyl sites for hydroxylation is 2. The van der Waals surface area contributed by atoms with Gasteiger partial charge in [0.15, 0.2) is 0 Å². The van der Waals surface area contributed by atoms with Crippen molar-refractivity contribution in [2.24, 2.45) is 0 Å². The average molecular weight is 410 g/mol. The molecule has 0 unspecified atom stereocenters. The van der Waals surface area contributed by atoms with Crippen LogP contribution in [0.15, 0.2) is 52.6 Å². The van der Waals surface area contributed by atoms with Crippen LogP contribution in [0.5, 0.6) is 0 Å². The van der Waals surface area contributed by atoms with Crippen LogP contribution < -0.4 is 5.32 Å². The van der Waals surface area contributed by atoms with E-state index in [2.05, 4.69) is 30.7 Å². The van der Waals surface area contributed by atoms with Crippen LogP contribution >= 0.6 is 11.8 Å². The molecule has 3 heterocycles. The van der Waals surface area contributed by atoms with Crippen molar-refractivity contribution in [2.45, 2.75) is 25.6 Å². The number of benzene rings is 1. The summed E-state index contributed by atoms with van der Waals surface area (Å²) >= 11 is 1.16. The second-order valence-electron chi connectivity index (χ2n) is 6.31. The normalized spacial score (nSPS) is 11.0. The van der Waals surface area contributed by atoms with Gasteiger partial charge in [0, 0.05) is 6.07 Å². The maximum Gasteiger partial charge on any atom is 0.277 e. The molecular weight excluding hydrogens is 392 g/mol. The molecule has 0 radical (unpaired) electrons. The Hall–Kier alpha value is -3.47. The van der Waals surface area contributed by atoms with E-state index in [1.165, 1.54) is 6.33 Å². The fraction of sp³-hybridized carbons (Fsp3) is 0.222. The highest BCUT2D eigenvalue weighted by molar-refractivity contribution is 7.99. The zero-order valence-electron chi connectivity index (χ0n) is 15.8. The summed E-state index contributed by atoms with van der Waals surface area (Å²) in [5.41, 5.74) is 2.84. The van der Waals surface area contributed by atoms with E-state index in [0.717, 1.165) is 28.7 Å². The van der Waals surface area contributed by atoms with Crippen molar-refractivity contribution in [3.05, 3.63) is 60.1 Å². The minimum Gasteiger partial charge on any atom is -0.414 e. The van der Waals surface area contributed by atoms with Gasteiger partial charge < -0.3 is 9.73 Å². The van der Waals surface area contributed by atoms with Crippen molar-refractivity contribution >= 4 is 23.5 Å². The predicted molar refractivity (Wildman–Crippen MR) is 106 cm³/mol. The van der Waals surface area contributed by atoms with Crippen LogP contribution in [-0.4, -0.2) is 46.4 Å². The highest BCUT2D eigenvalue weighted by Gasteiger charge is 2.14. The standard InChI is InChI=1S/C18H18N8O2S/c1-12-3-5-14(6-4-12)26-15(7-13(2)24-26)21-16(27)9-29-18-23-22-17(28-18)8-25-11-19-10-20-25/h3-7,10-11H,8-9H2,1-2H3,(H,21,27). The Morgan fingerprint density at radius 3 is 2.79 bits per heavy atom. The van der Waals surface area contributed by atoms with Gasteiger partial charge in [0.2, 0.25) is 11.8 Å². The molecule has 4 aromatic rings. The van der Waals surface area contributed by atoms with E-state index in [0.29, 0.717) is 23.5 Å². The number of hydrogen-bond acceptors (Lipinski definition) is 8. The Morgan fingerprint density at radius 2 is 2.03 bits per heavy atom. The van der Waals surface area contributed by atoms with E-state index >= 15 is 0 Å². The van der Waals surface area contributed by atoms with Crippen LogP contribution in [0.2, 0.25) is 0 Å². The van der Waals surface area contributed by atoms with Gasteiger partial charge in [0.25, 0.3) is 5.22 Å². The van der Waals surface area contributed by atoms with Gasteiger partial charge in [-0.15, -0.1) is 10.2 Å². The Bertz CT molecular complexity index is 1100. The first-order chi connectivity index (χ1) is 14.1. The van der Waals surface area contributed by atoms with Gasteiger partial charge in [0.1, 0.15) is 25.0 Å². The molecule has 1 amide bonds. The Kier molecular flexibility index (Phi) is 5.38. The van der Waals surface area contributed by atoms with Crippen molar-refractivity contribution in [3.8, 4) is 5.69 Å². The zero-order valence-corrected chi connectivity index (χ0v) is 16.6. The average Bonchev–Trinajstić information content (AvgIpc) is 3.44. The van der Waals surface area contributed by atoms with Crippen LogP contribution in [0.25, 0.3) is 5.69 Å². The summed E-state index contributed by atoms with van der Waals surface area (Å²) in [4.78, 5) is 16.3. The number of rotatable bonds is 7. The monoisotopic (exact) mass is 410 g/mol. The van der Waals surface area contributed by atoms with Gasteiger partial charge in [-0.1, -0.05) is 29.5 Å². The molecule has 0 fully saturated rings. The molecular formula is C18H18N8O2S. The van der Waals surface area contributed by atoms with Gasteiger partial charge in [-0.05, 0) is 26.0 Å². The van der Waals surface area contributed by atoms with Crippen molar-refractivity contribution < 1.29 is 9.21 Å². The van der Waals surface area contributed by atoms with Crippen molar-refractivity contribution in [1.82, 2.24) is 34.7 Å². The molecule has 0 aliphatic carbocycles. The third kappa shape index (κ3) is 4.69. The van der Waals surface area contributed by atoms with Gasteiger partial charge >= 0.3 is 0 Å². The van der Waals surface area contributed by atoms with E-state index in [1.807, 2.05) is 44.2 Å². The predicted octanol–water partition coefficient (Wildman–Crippen LogP) is 2.24. The second kappa shape index (κ2) is 8.27. The summed E-state index contributed by atoms with van der Waals surface area (Å²) in [5.74, 6) is 0.934. The molecule has 29 heavy (non-hydrogen) atoms. The number of amides is 1. The summed E-state index contributed by atoms with van der Waals surface area (Å²) in [5, 5.41) is 19.5. The number of nitrogens with one attached hydrogen (secondary N) is 1. The van der Waals surface area contributed by atoms with Crippen molar-refractivity contribution in [2.75, 3.05) is 11.1 Å². The Morgan fingerprint density at radius 1 is 1.21 bits per heavy atom. The Balaban J connectivity index is 1.37. The summed E-state index contributed by atoms with van der Waals surface area (Å²) in [6.45, 7) is 4.23. The first kappa shape index (κ1) is 18.9. The highest BCUT2D eigenvalue weighted by atomic mass is 32.2. The molecule has 1 N–H and O–H groups in total. The molecule has 0 aliphatic heterocycles. The molecule has 4 rings (SSSR count). The quantitative estimate of drug-likeness (QED) is 0.461. The fourth-order valence-corrected chi connectivity index (χ4v) is 3.17. The number of nitrogens with zero attached hydrogens (tertiary/aromatic N) is 7. The summed E-state index contributed by atoms with van der Waals surface area (Å²) in [6, 6.07) is 9.74. The van der Waals surface area contributed by atoms with E-state index in [4.69, 9.17) is 4.42 Å². The smallest absolute Gasteiger partial charge is 0.277 e. The molecule has 10 nitrogen and oxygen atoms in total. The van der Waals surface area contributed by atoms with Gasteiger partial charge in [-0.25, -0.2) is 14.3 Å². The molecule has 148 valence electrons. The van der Waals surface area contributed by atoms with E-state index in [-0.39, 0.29) is 11.7 Å². The van der Waals surface area contributed by atoms with E-state index in [1.54, 1.807) is 15.7 Å². The highest BCUT2D eigenvalue weighted by Crippen LogP contribution is 2.20. The first-order valence-corrected chi connectivity index (χ1v) is 9.76. The maximum absolute atomic E-state index is 12.4. The lowest BCUT2D eigenvalue weighted by Crippen LogP contribution is -2.17. The van der Waals surface area contributed by atoms with Gasteiger partial charge in [-0.3, -0.25) is 4.79 Å². The van der Waals surface area contributed by atoms with Crippen LogP contribution in [0.1, 0.15) is 17.1 Å². The molecule has 3 aromatic heterocycles. The second-order valence-corrected chi connectivity index (χ2v) is 7.24. The van der Waals surface area contributed by atoms with E-state index < -0.39 is 0 Å². The first-order valence-electron chi connectivity index (χ1n) is 8.78.